The normalized spacial score (nSPS) is 11.9. The van der Waals surface area contributed by atoms with Gasteiger partial charge in [-0.25, -0.2) is 0 Å². The van der Waals surface area contributed by atoms with Crippen LogP contribution in [0, 0.1) is 0 Å². The van der Waals surface area contributed by atoms with E-state index in [1.807, 2.05) is 0 Å². The first-order valence-corrected chi connectivity index (χ1v) is 6.50. The van der Waals surface area contributed by atoms with Gasteiger partial charge in [0.25, 0.3) is 20.2 Å². The smallest absolute Gasteiger partial charge is 0.296 e. The molecule has 0 aromatic heterocycles. The van der Waals surface area contributed by atoms with Crippen molar-refractivity contribution in [3.05, 3.63) is 24.3 Å². The zero-order chi connectivity index (χ0) is 11.7. The largest absolute Gasteiger partial charge is 0.344 e. The van der Waals surface area contributed by atoms with Crippen LogP contribution in [0.25, 0.3) is 0 Å². The van der Waals surface area contributed by atoms with Crippen molar-refractivity contribution in [2.24, 2.45) is 0 Å². The van der Waals surface area contributed by atoms with Gasteiger partial charge in [0.1, 0.15) is 0 Å². The molecule has 0 aliphatic heterocycles. The van der Waals surface area contributed by atoms with Gasteiger partial charge in [0, 0.05) is 0 Å². The molecule has 4 N–H and O–H groups in total. The van der Waals surface area contributed by atoms with Crippen LogP contribution in [0.3, 0.4) is 0 Å². The molecule has 0 radical (unpaired) electrons. The molecule has 92 valence electrons. The van der Waals surface area contributed by atoms with E-state index in [1.165, 1.54) is 0 Å². The Morgan fingerprint density at radius 1 is 1.00 bits per heavy atom. The molecule has 0 saturated heterocycles. The maximum Gasteiger partial charge on any atom is 0.296 e. The van der Waals surface area contributed by atoms with Crippen molar-refractivity contribution in [1.29, 1.82) is 0 Å². The molecule has 0 saturated carbocycles. The highest BCUT2D eigenvalue weighted by molar-refractivity contribution is 7.87. The second kappa shape index (κ2) is 4.89. The lowest BCUT2D eigenvalue weighted by Gasteiger charge is -2.01. The molecule has 7 nitrogen and oxygen atoms in total. The maximum atomic E-state index is 11.1. The van der Waals surface area contributed by atoms with E-state index in [0.29, 0.717) is 0 Å². The van der Waals surface area contributed by atoms with Crippen molar-refractivity contribution >= 4 is 20.2 Å². The Morgan fingerprint density at radius 2 is 1.38 bits per heavy atom. The van der Waals surface area contributed by atoms with Crippen LogP contribution in [-0.4, -0.2) is 28.5 Å². The van der Waals surface area contributed by atoms with Gasteiger partial charge in [0.15, 0.2) is 0 Å². The van der Waals surface area contributed by atoms with Gasteiger partial charge < -0.3 is 6.15 Å². The van der Waals surface area contributed by atoms with Gasteiger partial charge >= 0.3 is 0 Å². The Balaban J connectivity index is 0.00000225. The van der Waals surface area contributed by atoms with E-state index in [0.717, 1.165) is 31.4 Å². The molecule has 0 heterocycles. The molecule has 9 heteroatoms. The molecule has 0 bridgehead atoms. The lowest BCUT2D eigenvalue weighted by Crippen LogP contribution is -2.04. The molecule has 0 unspecified atom stereocenters. The van der Waals surface area contributed by atoms with Crippen molar-refractivity contribution < 1.29 is 25.6 Å². The highest BCUT2D eigenvalue weighted by Gasteiger charge is 2.15. The summed E-state index contributed by atoms with van der Waals surface area (Å²) in [4.78, 5) is -0.560. The van der Waals surface area contributed by atoms with Crippen LogP contribution in [0.1, 0.15) is 0 Å². The fraction of sp³-hybridized carbons (Fsp3) is 0.143. The zero-order valence-corrected chi connectivity index (χ0v) is 9.95. The fourth-order valence-corrected chi connectivity index (χ4v) is 2.02. The summed E-state index contributed by atoms with van der Waals surface area (Å²) in [6.07, 6.45) is 0. The third kappa shape index (κ3) is 3.25. The molecular weight excluding hydrogens is 258 g/mol. The summed E-state index contributed by atoms with van der Waals surface area (Å²) in [5.74, 6) is 0. The molecule has 1 rings (SSSR count). The van der Waals surface area contributed by atoms with Gasteiger partial charge in [-0.2, -0.15) is 16.8 Å². The monoisotopic (exact) mass is 269 g/mol. The van der Waals surface area contributed by atoms with E-state index in [2.05, 4.69) is 4.18 Å². The van der Waals surface area contributed by atoms with Crippen LogP contribution in [0.4, 0.5) is 0 Å². The average Bonchev–Trinajstić information content (AvgIpc) is 2.17. The van der Waals surface area contributed by atoms with Crippen LogP contribution < -0.4 is 6.15 Å². The highest BCUT2D eigenvalue weighted by Crippen LogP contribution is 2.15. The minimum absolute atomic E-state index is 0. The molecule has 0 aliphatic carbocycles. The maximum absolute atomic E-state index is 11.1. The first-order chi connectivity index (χ1) is 6.77. The summed E-state index contributed by atoms with van der Waals surface area (Å²) in [6.45, 7) is 0. The van der Waals surface area contributed by atoms with Crippen molar-refractivity contribution in [3.63, 3.8) is 0 Å². The van der Waals surface area contributed by atoms with Crippen molar-refractivity contribution in [2.45, 2.75) is 9.79 Å². The van der Waals surface area contributed by atoms with E-state index in [4.69, 9.17) is 4.55 Å². The fourth-order valence-electron chi connectivity index (χ4n) is 0.875. The van der Waals surface area contributed by atoms with Gasteiger partial charge in [0.2, 0.25) is 0 Å². The molecule has 0 fully saturated rings. The minimum Gasteiger partial charge on any atom is -0.344 e. The van der Waals surface area contributed by atoms with Gasteiger partial charge in [0.05, 0.1) is 16.9 Å². The first-order valence-electron chi connectivity index (χ1n) is 3.65. The summed E-state index contributed by atoms with van der Waals surface area (Å²) < 4.78 is 56.4. The number of rotatable bonds is 3. The van der Waals surface area contributed by atoms with E-state index in [9.17, 15) is 16.8 Å². The molecule has 0 spiro atoms. The Morgan fingerprint density at radius 3 is 1.69 bits per heavy atom. The number of hydrogen-bond acceptors (Lipinski definition) is 6. The lowest BCUT2D eigenvalue weighted by atomic mass is 10.4. The zero-order valence-electron chi connectivity index (χ0n) is 8.32. The van der Waals surface area contributed by atoms with Crippen LogP contribution in [0.2, 0.25) is 0 Å². The second-order valence-electron chi connectivity index (χ2n) is 2.57. The molecule has 1 aromatic rings. The Kier molecular flexibility index (Phi) is 4.58. The van der Waals surface area contributed by atoms with Crippen molar-refractivity contribution in [1.82, 2.24) is 6.15 Å². The van der Waals surface area contributed by atoms with Crippen LogP contribution in [0.5, 0.6) is 0 Å². The Hall–Kier alpha value is -1.00. The SMILES string of the molecule is COS(=O)(=O)c1ccc(S(=O)(=O)O)cc1.N. The van der Waals surface area contributed by atoms with E-state index in [1.54, 1.807) is 0 Å². The van der Waals surface area contributed by atoms with E-state index >= 15 is 0 Å². The molecule has 0 aliphatic rings. The topological polar surface area (TPSA) is 133 Å². The van der Waals surface area contributed by atoms with Gasteiger partial charge in [-0.1, -0.05) is 0 Å². The summed E-state index contributed by atoms with van der Waals surface area (Å²) >= 11 is 0. The van der Waals surface area contributed by atoms with E-state index < -0.39 is 20.2 Å². The van der Waals surface area contributed by atoms with Gasteiger partial charge in [-0.3, -0.25) is 8.74 Å². The Bertz CT molecular complexity index is 545. The third-order valence-corrected chi connectivity index (χ3v) is 3.79. The van der Waals surface area contributed by atoms with Crippen molar-refractivity contribution in [3.8, 4) is 0 Å². The predicted octanol–water partition coefficient (Wildman–Crippen LogP) is 0.430. The molecule has 0 atom stereocenters. The van der Waals surface area contributed by atoms with E-state index in [-0.39, 0.29) is 15.9 Å². The van der Waals surface area contributed by atoms with Crippen LogP contribution in [0.15, 0.2) is 34.1 Å². The summed E-state index contributed by atoms with van der Waals surface area (Å²) in [5.41, 5.74) is 0. The molecule has 1 aromatic carbocycles. The minimum atomic E-state index is -4.31. The van der Waals surface area contributed by atoms with Crippen LogP contribution >= 0.6 is 0 Å². The van der Waals surface area contributed by atoms with Gasteiger partial charge in [-0.15, -0.1) is 0 Å². The van der Waals surface area contributed by atoms with Crippen molar-refractivity contribution in [2.75, 3.05) is 7.11 Å². The molecule has 16 heavy (non-hydrogen) atoms. The van der Waals surface area contributed by atoms with Crippen LogP contribution in [-0.2, 0) is 24.4 Å². The summed E-state index contributed by atoms with van der Waals surface area (Å²) in [7, 11) is -7.15. The number of benzene rings is 1. The number of hydrogen-bond donors (Lipinski definition) is 2. The molecule has 0 amide bonds. The Labute approximate surface area is 93.5 Å². The second-order valence-corrected chi connectivity index (χ2v) is 5.70. The summed E-state index contributed by atoms with van der Waals surface area (Å²) in [6, 6.07) is 4.01. The quantitative estimate of drug-likeness (QED) is 0.600. The first kappa shape index (κ1) is 15.0. The highest BCUT2D eigenvalue weighted by atomic mass is 32.2. The standard InChI is InChI=1S/C7H8O6S2.H3N/c1-13-15(11,12)7-4-2-6(3-5-7)14(8,9)10;/h2-5H,1H3,(H,8,9,10);1H3. The van der Waals surface area contributed by atoms with Gasteiger partial charge in [-0.05, 0) is 24.3 Å². The average molecular weight is 269 g/mol. The molecular formula is C7H11NO6S2. The predicted molar refractivity (Wildman–Crippen MR) is 55.5 cm³/mol. The summed E-state index contributed by atoms with van der Waals surface area (Å²) in [5, 5.41) is 0. The third-order valence-electron chi connectivity index (χ3n) is 1.63. The lowest BCUT2D eigenvalue weighted by molar-refractivity contribution is 0.397.